The summed E-state index contributed by atoms with van der Waals surface area (Å²) in [4.78, 5) is 113. The maximum atomic E-state index is 14.3. The van der Waals surface area contributed by atoms with E-state index in [1.165, 1.54) is 45.8 Å². The molecule has 18 nitrogen and oxygen atoms in total. The molecule has 0 radical (unpaired) electrons. The lowest BCUT2D eigenvalue weighted by Crippen LogP contribution is -2.57. The summed E-state index contributed by atoms with van der Waals surface area (Å²) in [7, 11) is 2.83. The number of allylic oxidation sites excluding steroid dienone is 1. The summed E-state index contributed by atoms with van der Waals surface area (Å²) in [5.74, 6) is -6.29. The van der Waals surface area contributed by atoms with E-state index in [0.29, 0.717) is 17.6 Å². The van der Waals surface area contributed by atoms with Crippen LogP contribution in [0.25, 0.3) is 0 Å². The summed E-state index contributed by atoms with van der Waals surface area (Å²) in [6.07, 6.45) is -0.424. The smallest absolute Gasteiger partial charge is 0.407 e. The van der Waals surface area contributed by atoms with E-state index in [1.807, 2.05) is 26.8 Å². The molecule has 0 saturated carbocycles. The number of rotatable bonds is 11. The van der Waals surface area contributed by atoms with Crippen LogP contribution in [0.3, 0.4) is 0 Å². The molecule has 1 heterocycles. The van der Waals surface area contributed by atoms with E-state index in [2.05, 4.69) is 21.3 Å². The van der Waals surface area contributed by atoms with Gasteiger partial charge in [0.05, 0.1) is 13.2 Å². The van der Waals surface area contributed by atoms with E-state index in [0.717, 1.165) is 16.0 Å². The molecule has 1 unspecified atom stereocenters. The van der Waals surface area contributed by atoms with Crippen molar-refractivity contribution in [2.45, 2.75) is 151 Å². The Bertz CT molecular complexity index is 2210. The number of carbonyl (C=O) groups excluding carboxylic acids is 8. The number of hydrogen-bond acceptors (Lipinski definition) is 12. The predicted molar refractivity (Wildman–Crippen MR) is 267 cm³/mol. The van der Waals surface area contributed by atoms with Gasteiger partial charge in [0.1, 0.15) is 36.4 Å². The quantitative estimate of drug-likeness (QED) is 0.117. The van der Waals surface area contributed by atoms with Gasteiger partial charge in [0.25, 0.3) is 5.91 Å². The molecule has 1 aliphatic rings. The highest BCUT2D eigenvalue weighted by molar-refractivity contribution is 5.96. The summed E-state index contributed by atoms with van der Waals surface area (Å²) in [6, 6.07) is 11.2. The fourth-order valence-electron chi connectivity index (χ4n) is 7.81. The lowest BCUT2D eigenvalue weighted by Gasteiger charge is -2.33. The summed E-state index contributed by atoms with van der Waals surface area (Å²) in [5, 5.41) is 20.2. The molecule has 3 rings (SSSR count). The van der Waals surface area contributed by atoms with Gasteiger partial charge in [0, 0.05) is 45.0 Å². The van der Waals surface area contributed by atoms with Crippen molar-refractivity contribution in [3.05, 3.63) is 94.6 Å². The SMILES string of the molecule is C/C=C(\C)[C@H]1OC(=O)[C@@H](C)NC(=O)[C@H](C(C)CC)NC(=O)CN(C)C(=O)[C@@H](Cc2ccccc2)N(C)C(=O)[C@H](C)NC(=O)[C@@H](CC(C)C)OC(=O)/C(C)=C/C[C@H](OC(=O)NCc2ccc(CO)cc2)[C@@H]1C. The van der Waals surface area contributed by atoms with Crippen LogP contribution in [0.15, 0.2) is 77.9 Å². The van der Waals surface area contributed by atoms with Crippen LogP contribution in [0.1, 0.15) is 105 Å². The Kier molecular flexibility index (Phi) is 23.4. The zero-order chi connectivity index (χ0) is 53.1. The molecule has 0 aliphatic carbocycles. The van der Waals surface area contributed by atoms with E-state index < -0.39 is 108 Å². The second-order valence-corrected chi connectivity index (χ2v) is 18.9. The summed E-state index contributed by atoms with van der Waals surface area (Å²) < 4.78 is 17.9. The highest BCUT2D eigenvalue weighted by Gasteiger charge is 2.37. The van der Waals surface area contributed by atoms with Crippen LogP contribution < -0.4 is 21.3 Å². The van der Waals surface area contributed by atoms with Gasteiger partial charge in [-0.2, -0.15) is 0 Å². The summed E-state index contributed by atoms with van der Waals surface area (Å²) in [6.45, 7) is 16.3. The maximum absolute atomic E-state index is 14.3. The second kappa shape index (κ2) is 28.3. The third kappa shape index (κ3) is 18.0. The molecule has 390 valence electrons. The van der Waals surface area contributed by atoms with Crippen LogP contribution in [0, 0.1) is 17.8 Å². The number of nitrogens with one attached hydrogen (secondary N) is 4. The Hall–Kier alpha value is -6.56. The molecule has 9 atom stereocenters. The lowest BCUT2D eigenvalue weighted by atomic mass is 9.90. The van der Waals surface area contributed by atoms with Crippen LogP contribution in [0.5, 0.6) is 0 Å². The van der Waals surface area contributed by atoms with Crippen LogP contribution in [-0.2, 0) is 67.3 Å². The van der Waals surface area contributed by atoms with Crippen molar-refractivity contribution in [2.24, 2.45) is 17.8 Å². The van der Waals surface area contributed by atoms with Crippen LogP contribution in [0.4, 0.5) is 4.79 Å². The van der Waals surface area contributed by atoms with E-state index >= 15 is 0 Å². The van der Waals surface area contributed by atoms with E-state index in [-0.39, 0.29) is 43.9 Å². The number of ether oxygens (including phenoxy) is 3. The second-order valence-electron chi connectivity index (χ2n) is 18.9. The highest BCUT2D eigenvalue weighted by Crippen LogP contribution is 2.26. The fourth-order valence-corrected chi connectivity index (χ4v) is 7.81. The van der Waals surface area contributed by atoms with Gasteiger partial charge in [-0.25, -0.2) is 14.4 Å². The van der Waals surface area contributed by atoms with Gasteiger partial charge in [-0.1, -0.05) is 108 Å². The zero-order valence-corrected chi connectivity index (χ0v) is 43.4. The molecule has 1 aliphatic heterocycles. The number of hydrogen-bond donors (Lipinski definition) is 5. The van der Waals surface area contributed by atoms with Gasteiger partial charge in [0.15, 0.2) is 6.10 Å². The highest BCUT2D eigenvalue weighted by atomic mass is 16.6. The van der Waals surface area contributed by atoms with Crippen molar-refractivity contribution >= 4 is 47.6 Å². The Morgan fingerprint density at radius 1 is 0.859 bits per heavy atom. The average Bonchev–Trinajstić information content (AvgIpc) is 3.35. The topological polar surface area (TPSA) is 239 Å². The van der Waals surface area contributed by atoms with E-state index in [9.17, 15) is 43.5 Å². The largest absolute Gasteiger partial charge is 0.456 e. The normalized spacial score (nSPS) is 25.7. The molecule has 2 aromatic carbocycles. The molecule has 2 aromatic rings. The Morgan fingerprint density at radius 3 is 2.07 bits per heavy atom. The van der Waals surface area contributed by atoms with Crippen molar-refractivity contribution in [1.29, 1.82) is 0 Å². The van der Waals surface area contributed by atoms with Crippen LogP contribution >= 0.6 is 0 Å². The molecular weight excluding hydrogens is 913 g/mol. The van der Waals surface area contributed by atoms with Gasteiger partial charge in [0.2, 0.25) is 23.6 Å². The molecule has 18 heteroatoms. The maximum Gasteiger partial charge on any atom is 0.407 e. The Labute approximate surface area is 418 Å². The number of amides is 6. The summed E-state index contributed by atoms with van der Waals surface area (Å²) >= 11 is 0. The zero-order valence-electron chi connectivity index (χ0n) is 43.4. The number of carbonyl (C=O) groups is 8. The number of esters is 2. The lowest BCUT2D eigenvalue weighted by molar-refractivity contribution is -0.155. The Balaban J connectivity index is 2.11. The summed E-state index contributed by atoms with van der Waals surface area (Å²) in [5.41, 5.74) is 2.81. The van der Waals surface area contributed by atoms with Gasteiger partial charge in [-0.15, -0.1) is 0 Å². The van der Waals surface area contributed by atoms with Crippen LogP contribution in [0.2, 0.25) is 0 Å². The van der Waals surface area contributed by atoms with Gasteiger partial charge in [-0.3, -0.25) is 24.0 Å². The number of likely N-dealkylation sites (N-methyl/N-ethyl adjacent to an activating group) is 2. The number of benzene rings is 2. The first-order chi connectivity index (χ1) is 33.5. The number of aliphatic hydroxyl groups is 1. The predicted octanol–water partition coefficient (Wildman–Crippen LogP) is 4.66. The standard InChI is InChI=1S/C53H76N6O12/c1-13-32(5)45-48(63)56-37(10)52(67)71-46(33(6)14-2)35(8)42(70-53(68)54-28-39-21-23-40(30-60)24-22-39)25-20-34(7)51(66)69-43(26-31(3)4)47(62)55-36(9)49(64)59(12)41(27-38-18-16-15-17-19-38)50(65)58(11)29-44(61)57-45/h14-24,31-32,35-37,41-43,45-46,60H,13,25-30H2,1-12H3,(H,54,68)(H,55,62)(H,56,63)(H,57,61)/b33-14+,34-20+/t32?,35-,36-,37+,41+,42-,43+,45-,46+/m0/s1. The fraction of sp³-hybridized carbons (Fsp3) is 0.547. The molecule has 6 amide bonds. The van der Waals surface area contributed by atoms with Crippen molar-refractivity contribution < 1.29 is 57.7 Å². The third-order valence-corrected chi connectivity index (χ3v) is 12.7. The minimum Gasteiger partial charge on any atom is -0.456 e. The van der Waals surface area contributed by atoms with E-state index in [1.54, 1.807) is 82.3 Å². The van der Waals surface area contributed by atoms with Gasteiger partial charge >= 0.3 is 18.0 Å². The number of alkyl carbamates (subject to hydrolysis) is 1. The third-order valence-electron chi connectivity index (χ3n) is 12.7. The molecule has 0 aromatic heterocycles. The van der Waals surface area contributed by atoms with Crippen molar-refractivity contribution in [1.82, 2.24) is 31.1 Å². The molecule has 5 N–H and O–H groups in total. The molecule has 0 bridgehead atoms. The van der Waals surface area contributed by atoms with Crippen molar-refractivity contribution in [2.75, 3.05) is 20.6 Å². The minimum absolute atomic E-state index is 0.0594. The number of nitrogens with zero attached hydrogens (tertiary/aromatic N) is 2. The minimum atomic E-state index is -1.33. The van der Waals surface area contributed by atoms with Crippen LogP contribution in [-0.4, -0.2) is 126 Å². The first-order valence-electron chi connectivity index (χ1n) is 24.3. The number of aliphatic hydroxyl groups excluding tert-OH is 1. The average molecular weight is 989 g/mol. The van der Waals surface area contributed by atoms with E-state index in [4.69, 9.17) is 14.2 Å². The van der Waals surface area contributed by atoms with Gasteiger partial charge < -0.3 is 50.4 Å². The van der Waals surface area contributed by atoms with Crippen molar-refractivity contribution in [3.8, 4) is 0 Å². The van der Waals surface area contributed by atoms with Gasteiger partial charge in [-0.05, 0) is 75.1 Å². The molecule has 0 fully saturated rings. The monoisotopic (exact) mass is 989 g/mol. The molecular formula is C53H76N6O12. The molecule has 71 heavy (non-hydrogen) atoms. The Morgan fingerprint density at radius 2 is 1.48 bits per heavy atom. The molecule has 0 spiro atoms. The number of cyclic esters (lactones) is 2. The van der Waals surface area contributed by atoms with Crippen molar-refractivity contribution in [3.63, 3.8) is 0 Å². The first-order valence-corrected chi connectivity index (χ1v) is 24.3. The first kappa shape index (κ1) is 58.8. The molecule has 0 saturated heterocycles.